The highest BCUT2D eigenvalue weighted by Crippen LogP contribution is 2.43. The van der Waals surface area contributed by atoms with E-state index < -0.39 is 29.4 Å². The van der Waals surface area contributed by atoms with Crippen LogP contribution in [0.1, 0.15) is 39.2 Å². The zero-order chi connectivity index (χ0) is 22.3. The van der Waals surface area contributed by atoms with Crippen LogP contribution in [-0.4, -0.2) is 39.6 Å². The zero-order valence-electron chi connectivity index (χ0n) is 17.8. The predicted molar refractivity (Wildman–Crippen MR) is 113 cm³/mol. The monoisotopic (exact) mass is 428 g/mol. The fourth-order valence-corrected chi connectivity index (χ4v) is 4.50. The van der Waals surface area contributed by atoms with E-state index in [1.165, 1.54) is 11.0 Å². The van der Waals surface area contributed by atoms with E-state index in [2.05, 4.69) is 5.16 Å². The maximum absolute atomic E-state index is 15.4. The minimum atomic E-state index is -0.705. The number of amides is 1. The van der Waals surface area contributed by atoms with Crippen molar-refractivity contribution < 1.29 is 23.5 Å². The van der Waals surface area contributed by atoms with Crippen LogP contribution in [0.15, 0.2) is 47.6 Å². The van der Waals surface area contributed by atoms with Gasteiger partial charge in [0, 0.05) is 23.9 Å². The van der Waals surface area contributed by atoms with Crippen molar-refractivity contribution in [2.24, 2.45) is 11.1 Å². The molecule has 0 spiro atoms. The molecule has 1 aliphatic carbocycles. The number of halogens is 2. The summed E-state index contributed by atoms with van der Waals surface area (Å²) < 4.78 is 35.4. The maximum atomic E-state index is 15.4. The van der Waals surface area contributed by atoms with Gasteiger partial charge in [0.1, 0.15) is 17.2 Å². The lowest BCUT2D eigenvalue weighted by atomic mass is 9.68. The summed E-state index contributed by atoms with van der Waals surface area (Å²) in [5, 5.41) is 13.1. The molecule has 3 aliphatic rings. The van der Waals surface area contributed by atoms with Gasteiger partial charge in [-0.05, 0) is 56.9 Å². The highest BCUT2D eigenvalue weighted by Gasteiger charge is 2.52. The number of oxime groups is 1. The number of ether oxygens (including phenoxy) is 1. The van der Waals surface area contributed by atoms with Crippen molar-refractivity contribution in [3.8, 4) is 11.1 Å². The Hall–Kier alpha value is -2.96. The third-order valence-electron chi connectivity index (χ3n) is 5.93. The third kappa shape index (κ3) is 4.13. The number of hydrogen-bond donors (Lipinski definition) is 1. The summed E-state index contributed by atoms with van der Waals surface area (Å²) in [6.45, 7) is 5.31. The molecule has 1 atom stereocenters. The number of rotatable bonds is 3. The summed E-state index contributed by atoms with van der Waals surface area (Å²) in [7, 11) is 0. The topological polar surface area (TPSA) is 62.1 Å². The molecular formula is C24H26F2N2O3. The van der Waals surface area contributed by atoms with E-state index >= 15 is 4.39 Å². The summed E-state index contributed by atoms with van der Waals surface area (Å²) in [4.78, 5) is 14.5. The van der Waals surface area contributed by atoms with E-state index in [1.807, 2.05) is 0 Å². The summed E-state index contributed by atoms with van der Waals surface area (Å²) >= 11 is 0. The SMILES string of the molecule is CC(C)(C)OC(=O)N1C2CC(C2)C(=NO)C1Cc1cc(F)cc(-c2ccccc2)c1F. The molecule has 2 saturated heterocycles. The second kappa shape index (κ2) is 7.94. The number of carbonyl (C=O) groups is 1. The van der Waals surface area contributed by atoms with Crippen LogP contribution < -0.4 is 0 Å². The maximum Gasteiger partial charge on any atom is 0.411 e. The number of hydrogen-bond acceptors (Lipinski definition) is 4. The third-order valence-corrected chi connectivity index (χ3v) is 5.93. The molecule has 3 fully saturated rings. The van der Waals surface area contributed by atoms with Crippen molar-refractivity contribution in [1.29, 1.82) is 0 Å². The average Bonchev–Trinajstić information content (AvgIpc) is 2.68. The van der Waals surface area contributed by atoms with Gasteiger partial charge in [0.2, 0.25) is 0 Å². The van der Waals surface area contributed by atoms with Gasteiger partial charge in [-0.15, -0.1) is 0 Å². The first-order valence-electron chi connectivity index (χ1n) is 10.4. The highest BCUT2D eigenvalue weighted by atomic mass is 19.1. The number of nitrogens with zero attached hydrogens (tertiary/aromatic N) is 2. The minimum absolute atomic E-state index is 0.00490. The van der Waals surface area contributed by atoms with Gasteiger partial charge in [-0.1, -0.05) is 35.5 Å². The van der Waals surface area contributed by atoms with Crippen LogP contribution in [0.4, 0.5) is 13.6 Å². The quantitative estimate of drug-likeness (QED) is 0.526. The molecule has 164 valence electrons. The van der Waals surface area contributed by atoms with Crippen LogP contribution >= 0.6 is 0 Å². The van der Waals surface area contributed by atoms with Gasteiger partial charge < -0.3 is 9.94 Å². The lowest BCUT2D eigenvalue weighted by Gasteiger charge is -2.53. The first-order valence-corrected chi connectivity index (χ1v) is 10.4. The molecule has 0 radical (unpaired) electrons. The Morgan fingerprint density at radius 3 is 2.48 bits per heavy atom. The lowest BCUT2D eigenvalue weighted by molar-refractivity contribution is -0.0143. The second-order valence-electron chi connectivity index (χ2n) is 9.25. The first-order chi connectivity index (χ1) is 14.7. The van der Waals surface area contributed by atoms with Crippen molar-refractivity contribution in [3.05, 3.63) is 59.7 Å². The molecule has 31 heavy (non-hydrogen) atoms. The molecular weight excluding hydrogens is 402 g/mol. The Kier molecular flexibility index (Phi) is 5.45. The fourth-order valence-electron chi connectivity index (χ4n) is 4.50. The Balaban J connectivity index is 1.71. The minimum Gasteiger partial charge on any atom is -0.444 e. The van der Waals surface area contributed by atoms with Crippen molar-refractivity contribution in [2.75, 3.05) is 0 Å². The molecule has 2 aromatic rings. The van der Waals surface area contributed by atoms with Crippen molar-refractivity contribution in [1.82, 2.24) is 4.90 Å². The molecule has 1 N–H and O–H groups in total. The molecule has 2 aromatic carbocycles. The Bertz CT molecular complexity index is 1010. The molecule has 5 nitrogen and oxygen atoms in total. The van der Waals surface area contributed by atoms with Crippen molar-refractivity contribution in [2.45, 2.75) is 57.7 Å². The van der Waals surface area contributed by atoms with Gasteiger partial charge in [0.25, 0.3) is 0 Å². The average molecular weight is 428 g/mol. The Morgan fingerprint density at radius 1 is 1.19 bits per heavy atom. The fraction of sp³-hybridized carbons (Fsp3) is 0.417. The number of benzene rings is 2. The van der Waals surface area contributed by atoms with Gasteiger partial charge >= 0.3 is 6.09 Å². The van der Waals surface area contributed by atoms with Crippen LogP contribution in [0.2, 0.25) is 0 Å². The van der Waals surface area contributed by atoms with Crippen LogP contribution in [0.3, 0.4) is 0 Å². The number of fused-ring (bicyclic) bond motifs is 2. The molecule has 1 saturated carbocycles. The zero-order valence-corrected chi connectivity index (χ0v) is 17.8. The van der Waals surface area contributed by atoms with Crippen molar-refractivity contribution in [3.63, 3.8) is 0 Å². The summed E-state index contributed by atoms with van der Waals surface area (Å²) in [6.07, 6.45) is 0.808. The molecule has 2 heterocycles. The van der Waals surface area contributed by atoms with E-state index in [0.29, 0.717) is 24.1 Å². The molecule has 7 heteroatoms. The van der Waals surface area contributed by atoms with E-state index in [-0.39, 0.29) is 29.5 Å². The molecule has 2 bridgehead atoms. The molecule has 2 aliphatic heterocycles. The summed E-state index contributed by atoms with van der Waals surface area (Å²) in [6, 6.07) is 10.3. The van der Waals surface area contributed by atoms with E-state index in [4.69, 9.17) is 4.74 Å². The van der Waals surface area contributed by atoms with Crippen molar-refractivity contribution >= 4 is 11.8 Å². The van der Waals surface area contributed by atoms with Gasteiger partial charge in [-0.3, -0.25) is 4.90 Å². The highest BCUT2D eigenvalue weighted by molar-refractivity contribution is 5.96. The second-order valence-corrected chi connectivity index (χ2v) is 9.25. The van der Waals surface area contributed by atoms with Gasteiger partial charge in [-0.2, -0.15) is 0 Å². The number of carbonyl (C=O) groups excluding carboxylic acids is 1. The smallest absolute Gasteiger partial charge is 0.411 e. The Morgan fingerprint density at radius 2 is 1.87 bits per heavy atom. The predicted octanol–water partition coefficient (Wildman–Crippen LogP) is 5.40. The normalized spacial score (nSPS) is 24.1. The summed E-state index contributed by atoms with van der Waals surface area (Å²) in [5.41, 5.74) is 0.553. The van der Waals surface area contributed by atoms with Crippen LogP contribution in [-0.2, 0) is 11.2 Å². The van der Waals surface area contributed by atoms with Gasteiger partial charge in [0.15, 0.2) is 0 Å². The van der Waals surface area contributed by atoms with Crippen LogP contribution in [0.5, 0.6) is 0 Å². The van der Waals surface area contributed by atoms with E-state index in [1.54, 1.807) is 51.1 Å². The Labute approximate surface area is 180 Å². The van der Waals surface area contributed by atoms with Gasteiger partial charge in [-0.25, -0.2) is 13.6 Å². The largest absolute Gasteiger partial charge is 0.444 e. The molecule has 0 aromatic heterocycles. The van der Waals surface area contributed by atoms with Crippen LogP contribution in [0, 0.1) is 17.6 Å². The summed E-state index contributed by atoms with van der Waals surface area (Å²) in [5.74, 6) is -1.08. The molecule has 1 amide bonds. The standard InChI is InChI=1S/C24H26F2N2O3/c1-24(2,3)31-23(29)28-18-10-16(11-18)22(27-30)20(28)12-15-9-17(25)13-19(21(15)26)14-7-5-4-6-8-14/h4-9,13,16,18,20,30H,10-12H2,1-3H3. The van der Waals surface area contributed by atoms with Gasteiger partial charge in [0.05, 0.1) is 11.8 Å². The van der Waals surface area contributed by atoms with E-state index in [0.717, 1.165) is 6.07 Å². The molecule has 5 rings (SSSR count). The van der Waals surface area contributed by atoms with Crippen LogP contribution in [0.25, 0.3) is 11.1 Å². The van der Waals surface area contributed by atoms with E-state index in [9.17, 15) is 14.4 Å². The molecule has 1 unspecified atom stereocenters. The number of piperidine rings is 2. The first kappa shape index (κ1) is 21.3. The lowest BCUT2D eigenvalue weighted by Crippen LogP contribution is -2.65.